The first-order chi connectivity index (χ1) is 9.03. The first-order valence-corrected chi connectivity index (χ1v) is 7.17. The molecule has 0 aliphatic heterocycles. The molecule has 1 aromatic heterocycles. The fourth-order valence-electron chi connectivity index (χ4n) is 1.39. The lowest BCUT2D eigenvalue weighted by Crippen LogP contribution is -2.15. The Morgan fingerprint density at radius 3 is 2.53 bits per heavy atom. The predicted molar refractivity (Wildman–Crippen MR) is 72.2 cm³/mol. The Bertz CT molecular complexity index is 676. The fraction of sp³-hybridized carbons (Fsp3) is 0.0909. The molecule has 1 aromatic carbocycles. The Morgan fingerprint density at radius 1 is 1.26 bits per heavy atom. The maximum absolute atomic E-state index is 12.1. The molecule has 2 aromatic rings. The first-order valence-electron chi connectivity index (χ1n) is 5.31. The molecule has 0 bridgehead atoms. The Kier molecular flexibility index (Phi) is 3.98. The van der Waals surface area contributed by atoms with Crippen molar-refractivity contribution in [3.05, 3.63) is 47.2 Å². The molecule has 0 saturated heterocycles. The van der Waals surface area contributed by atoms with E-state index in [1.54, 1.807) is 12.1 Å². The van der Waals surface area contributed by atoms with E-state index in [-0.39, 0.29) is 17.4 Å². The van der Waals surface area contributed by atoms with Crippen LogP contribution in [0, 0.1) is 0 Å². The van der Waals surface area contributed by atoms with Gasteiger partial charge in [0, 0.05) is 24.0 Å². The lowest BCUT2D eigenvalue weighted by molar-refractivity contribution is 0.600. The van der Waals surface area contributed by atoms with E-state index in [0.29, 0.717) is 10.6 Å². The predicted octanol–water partition coefficient (Wildman–Crippen LogP) is 1.39. The van der Waals surface area contributed by atoms with Crippen LogP contribution in [0.1, 0.15) is 5.56 Å². The van der Waals surface area contributed by atoms with Gasteiger partial charge in [-0.2, -0.15) is 0 Å². The number of sulfonamides is 1. The van der Waals surface area contributed by atoms with Gasteiger partial charge in [0.15, 0.2) is 0 Å². The number of nitrogens with one attached hydrogen (secondary N) is 1. The number of anilines is 1. The average Bonchev–Trinajstić information content (AvgIpc) is 2.39. The molecule has 2 rings (SSSR count). The number of nitrogens with two attached hydrogens (primary N) is 1. The smallest absolute Gasteiger partial charge is 0.264 e. The molecule has 1 heterocycles. The molecule has 0 unspecified atom stereocenters. The Labute approximate surface area is 115 Å². The van der Waals surface area contributed by atoms with Gasteiger partial charge in [0.1, 0.15) is 0 Å². The summed E-state index contributed by atoms with van der Waals surface area (Å²) >= 11 is 5.94. The standard InChI is InChI=1S/C11H11ClN4O2S/c12-10-6-9(3-2-8(10)7-13)19(17,18)16-11-14-4-1-5-15-11/h1-6H,7,13H2,(H,14,15,16). The number of hydrogen-bond donors (Lipinski definition) is 2. The van der Waals surface area contributed by atoms with Crippen LogP contribution in [-0.4, -0.2) is 18.4 Å². The molecule has 100 valence electrons. The number of hydrogen-bond acceptors (Lipinski definition) is 5. The van der Waals surface area contributed by atoms with Crippen LogP contribution in [0.25, 0.3) is 0 Å². The summed E-state index contributed by atoms with van der Waals surface area (Å²) in [6.07, 6.45) is 2.88. The summed E-state index contributed by atoms with van der Waals surface area (Å²) in [6.45, 7) is 0.244. The van der Waals surface area contributed by atoms with Gasteiger partial charge in [-0.15, -0.1) is 0 Å². The van der Waals surface area contributed by atoms with Crippen LogP contribution >= 0.6 is 11.6 Å². The summed E-state index contributed by atoms with van der Waals surface area (Å²) in [5.41, 5.74) is 6.14. The lowest BCUT2D eigenvalue weighted by atomic mass is 10.2. The topological polar surface area (TPSA) is 98.0 Å². The SMILES string of the molecule is NCc1ccc(S(=O)(=O)Nc2ncccn2)cc1Cl. The van der Waals surface area contributed by atoms with Gasteiger partial charge in [-0.1, -0.05) is 17.7 Å². The summed E-state index contributed by atoms with van der Waals surface area (Å²) in [4.78, 5) is 7.61. The van der Waals surface area contributed by atoms with E-state index in [4.69, 9.17) is 17.3 Å². The number of rotatable bonds is 4. The minimum absolute atomic E-state index is 0.00141. The second kappa shape index (κ2) is 5.52. The second-order valence-electron chi connectivity index (χ2n) is 3.64. The van der Waals surface area contributed by atoms with E-state index in [9.17, 15) is 8.42 Å². The lowest BCUT2D eigenvalue weighted by Gasteiger charge is -2.08. The number of benzene rings is 1. The zero-order valence-electron chi connectivity index (χ0n) is 9.75. The third kappa shape index (κ3) is 3.19. The van der Waals surface area contributed by atoms with Crippen molar-refractivity contribution in [3.8, 4) is 0 Å². The third-order valence-corrected chi connectivity index (χ3v) is 4.02. The summed E-state index contributed by atoms with van der Waals surface area (Å²) < 4.78 is 26.4. The highest BCUT2D eigenvalue weighted by atomic mass is 35.5. The fourth-order valence-corrected chi connectivity index (χ4v) is 2.70. The molecular weight excluding hydrogens is 288 g/mol. The maximum atomic E-state index is 12.1. The second-order valence-corrected chi connectivity index (χ2v) is 5.72. The van der Waals surface area contributed by atoms with E-state index in [2.05, 4.69) is 14.7 Å². The third-order valence-electron chi connectivity index (χ3n) is 2.35. The van der Waals surface area contributed by atoms with Crippen LogP contribution in [0.5, 0.6) is 0 Å². The van der Waals surface area contributed by atoms with Gasteiger partial charge in [0.05, 0.1) is 4.90 Å². The number of halogens is 1. The molecule has 0 amide bonds. The van der Waals surface area contributed by atoms with E-state index in [1.807, 2.05) is 0 Å². The summed E-state index contributed by atoms with van der Waals surface area (Å²) in [5.74, 6) is 0.00141. The van der Waals surface area contributed by atoms with Crippen LogP contribution in [0.4, 0.5) is 5.95 Å². The quantitative estimate of drug-likeness (QED) is 0.889. The van der Waals surface area contributed by atoms with Crippen LogP contribution < -0.4 is 10.5 Å². The monoisotopic (exact) mass is 298 g/mol. The van der Waals surface area contributed by atoms with Crippen molar-refractivity contribution in [2.24, 2.45) is 5.73 Å². The molecule has 19 heavy (non-hydrogen) atoms. The molecule has 0 fully saturated rings. The highest BCUT2D eigenvalue weighted by Gasteiger charge is 2.16. The molecule has 6 nitrogen and oxygen atoms in total. The van der Waals surface area contributed by atoms with Crippen molar-refractivity contribution in [1.82, 2.24) is 9.97 Å². The van der Waals surface area contributed by atoms with Gasteiger partial charge in [-0.25, -0.2) is 23.1 Å². The van der Waals surface area contributed by atoms with Crippen molar-refractivity contribution >= 4 is 27.6 Å². The van der Waals surface area contributed by atoms with Crippen molar-refractivity contribution in [1.29, 1.82) is 0 Å². The molecular formula is C11H11ClN4O2S. The molecule has 0 aliphatic carbocycles. The van der Waals surface area contributed by atoms with Gasteiger partial charge in [0.25, 0.3) is 10.0 Å². The van der Waals surface area contributed by atoms with Gasteiger partial charge >= 0.3 is 0 Å². The Morgan fingerprint density at radius 2 is 1.95 bits per heavy atom. The van der Waals surface area contributed by atoms with Crippen LogP contribution in [0.2, 0.25) is 5.02 Å². The van der Waals surface area contributed by atoms with Gasteiger partial charge in [-0.3, -0.25) is 0 Å². The van der Waals surface area contributed by atoms with E-state index in [1.165, 1.54) is 24.5 Å². The number of nitrogens with zero attached hydrogens (tertiary/aromatic N) is 2. The number of aromatic nitrogens is 2. The minimum atomic E-state index is -3.76. The van der Waals surface area contributed by atoms with Gasteiger partial charge in [0.2, 0.25) is 5.95 Å². The summed E-state index contributed by atoms with van der Waals surface area (Å²) in [5, 5.41) is 0.305. The van der Waals surface area contributed by atoms with E-state index in [0.717, 1.165) is 0 Å². The van der Waals surface area contributed by atoms with Crippen LogP contribution in [0.15, 0.2) is 41.6 Å². The highest BCUT2D eigenvalue weighted by molar-refractivity contribution is 7.92. The maximum Gasteiger partial charge on any atom is 0.264 e. The summed E-state index contributed by atoms with van der Waals surface area (Å²) in [6, 6.07) is 5.93. The molecule has 0 atom stereocenters. The minimum Gasteiger partial charge on any atom is -0.326 e. The molecule has 0 saturated carbocycles. The molecule has 8 heteroatoms. The average molecular weight is 299 g/mol. The summed E-state index contributed by atoms with van der Waals surface area (Å²) in [7, 11) is -3.76. The van der Waals surface area contributed by atoms with Crippen LogP contribution in [-0.2, 0) is 16.6 Å². The van der Waals surface area contributed by atoms with Gasteiger partial charge < -0.3 is 5.73 Å². The van der Waals surface area contributed by atoms with Crippen molar-refractivity contribution in [2.45, 2.75) is 11.4 Å². The van der Waals surface area contributed by atoms with Crippen molar-refractivity contribution in [3.63, 3.8) is 0 Å². The normalized spacial score (nSPS) is 11.3. The zero-order chi connectivity index (χ0) is 13.9. The van der Waals surface area contributed by atoms with E-state index < -0.39 is 10.0 Å². The molecule has 0 radical (unpaired) electrons. The molecule has 0 spiro atoms. The van der Waals surface area contributed by atoms with Crippen LogP contribution in [0.3, 0.4) is 0 Å². The highest BCUT2D eigenvalue weighted by Crippen LogP contribution is 2.21. The van der Waals surface area contributed by atoms with Gasteiger partial charge in [-0.05, 0) is 23.8 Å². The molecule has 3 N–H and O–H groups in total. The van der Waals surface area contributed by atoms with Crippen molar-refractivity contribution < 1.29 is 8.42 Å². The first kappa shape index (κ1) is 13.7. The zero-order valence-corrected chi connectivity index (χ0v) is 11.3. The van der Waals surface area contributed by atoms with Crippen molar-refractivity contribution in [2.75, 3.05) is 4.72 Å². The molecule has 0 aliphatic rings. The largest absolute Gasteiger partial charge is 0.326 e. The Balaban J connectivity index is 2.32. The van der Waals surface area contributed by atoms with E-state index >= 15 is 0 Å². The Hall–Kier alpha value is -1.70.